The summed E-state index contributed by atoms with van der Waals surface area (Å²) in [5.41, 5.74) is 1.45. The van der Waals surface area contributed by atoms with Crippen molar-refractivity contribution in [2.75, 3.05) is 7.05 Å². The summed E-state index contributed by atoms with van der Waals surface area (Å²) in [6, 6.07) is 2.80. The molecule has 0 saturated heterocycles. The number of allylic oxidation sites excluding steroid dienone is 2. The van der Waals surface area contributed by atoms with Crippen molar-refractivity contribution < 1.29 is 18.3 Å². The predicted molar refractivity (Wildman–Crippen MR) is 84.5 cm³/mol. The minimum Gasteiger partial charge on any atom is -0.507 e. The molecule has 0 atom stereocenters. The van der Waals surface area contributed by atoms with Gasteiger partial charge in [-0.25, -0.2) is 0 Å². The Bertz CT molecular complexity index is 743. The molecule has 122 valence electrons. The number of rotatable bonds is 2. The highest BCUT2D eigenvalue weighted by molar-refractivity contribution is 6.56. The van der Waals surface area contributed by atoms with Crippen molar-refractivity contribution in [1.29, 1.82) is 0 Å². The molecule has 0 amide bonds. The summed E-state index contributed by atoms with van der Waals surface area (Å²) < 4.78 is 38.1. The molecular weight excluding hydrogens is 307 g/mol. The number of aromatic hydroxyl groups is 1. The van der Waals surface area contributed by atoms with Crippen molar-refractivity contribution >= 4 is 17.1 Å². The van der Waals surface area contributed by atoms with Crippen LogP contribution in [-0.2, 0) is 6.18 Å². The van der Waals surface area contributed by atoms with Crippen molar-refractivity contribution in [3.8, 4) is 5.75 Å². The van der Waals surface area contributed by atoms with Gasteiger partial charge in [0.1, 0.15) is 11.5 Å². The van der Waals surface area contributed by atoms with Crippen LogP contribution in [0.3, 0.4) is 0 Å². The number of hydrogen-bond donors (Lipinski definition) is 1. The number of benzene rings is 1. The summed E-state index contributed by atoms with van der Waals surface area (Å²) in [6.45, 7) is 3.67. The van der Waals surface area contributed by atoms with Crippen LogP contribution in [0.15, 0.2) is 45.0 Å². The van der Waals surface area contributed by atoms with E-state index in [1.807, 2.05) is 13.0 Å². The zero-order valence-corrected chi connectivity index (χ0v) is 12.9. The van der Waals surface area contributed by atoms with Gasteiger partial charge in [-0.1, -0.05) is 13.0 Å². The Morgan fingerprint density at radius 3 is 2.48 bits per heavy atom. The molecule has 4 nitrogen and oxygen atoms in total. The van der Waals surface area contributed by atoms with E-state index in [0.717, 1.165) is 6.07 Å². The minimum atomic E-state index is -4.52. The van der Waals surface area contributed by atoms with E-state index in [0.29, 0.717) is 35.2 Å². The first-order chi connectivity index (χ1) is 10.8. The number of phenolic OH excluding ortho intramolecular Hbond substituents is 1. The molecule has 0 bridgehead atoms. The minimum absolute atomic E-state index is 0.190. The molecule has 7 heteroatoms. The lowest BCUT2D eigenvalue weighted by Crippen LogP contribution is -2.24. The molecule has 0 unspecified atom stereocenters. The number of hydrogen-bond acceptors (Lipinski definition) is 4. The van der Waals surface area contributed by atoms with Gasteiger partial charge in [-0.05, 0) is 31.5 Å². The first-order valence-corrected chi connectivity index (χ1v) is 7.00. The van der Waals surface area contributed by atoms with Crippen LogP contribution in [0.25, 0.3) is 0 Å². The normalized spacial score (nSPS) is 19.0. The Labute approximate surface area is 131 Å². The van der Waals surface area contributed by atoms with Crippen molar-refractivity contribution in [2.45, 2.75) is 26.4 Å². The molecular formula is C16H16F3N3O. The zero-order chi connectivity index (χ0) is 17.2. The van der Waals surface area contributed by atoms with E-state index >= 15 is 0 Å². The van der Waals surface area contributed by atoms with Gasteiger partial charge in [-0.2, -0.15) is 18.3 Å². The summed E-state index contributed by atoms with van der Waals surface area (Å²) in [5.74, 6) is -0.495. The molecule has 0 fully saturated rings. The van der Waals surface area contributed by atoms with Crippen LogP contribution in [0.5, 0.6) is 5.75 Å². The average molecular weight is 323 g/mol. The van der Waals surface area contributed by atoms with E-state index in [2.05, 4.69) is 15.2 Å². The molecule has 0 aliphatic carbocycles. The van der Waals surface area contributed by atoms with Crippen LogP contribution in [0, 0.1) is 0 Å². The van der Waals surface area contributed by atoms with E-state index < -0.39 is 17.5 Å². The average Bonchev–Trinajstić information content (AvgIpc) is 2.47. The quantitative estimate of drug-likeness (QED) is 0.879. The van der Waals surface area contributed by atoms with E-state index in [1.54, 1.807) is 14.0 Å². The zero-order valence-electron chi connectivity index (χ0n) is 12.9. The van der Waals surface area contributed by atoms with E-state index in [9.17, 15) is 18.3 Å². The SMILES string of the molecule is CC/C=C1\C(=NC)C(C)=NN=C1c1ccc(C(F)(F)F)cc1O. The maximum absolute atomic E-state index is 12.7. The van der Waals surface area contributed by atoms with Crippen LogP contribution < -0.4 is 0 Å². The Morgan fingerprint density at radius 1 is 1.26 bits per heavy atom. The van der Waals surface area contributed by atoms with Gasteiger partial charge in [0.2, 0.25) is 0 Å². The van der Waals surface area contributed by atoms with Crippen molar-refractivity contribution in [1.82, 2.24) is 0 Å². The summed E-state index contributed by atoms with van der Waals surface area (Å²) in [6.07, 6.45) is -1.98. The van der Waals surface area contributed by atoms with Gasteiger partial charge in [-0.15, -0.1) is 5.10 Å². The highest BCUT2D eigenvalue weighted by Gasteiger charge is 2.32. The van der Waals surface area contributed by atoms with Gasteiger partial charge in [0.15, 0.2) is 0 Å². The Morgan fingerprint density at radius 2 is 1.96 bits per heavy atom. The maximum atomic E-state index is 12.7. The Hall–Kier alpha value is -2.44. The number of nitrogens with zero attached hydrogens (tertiary/aromatic N) is 3. The largest absolute Gasteiger partial charge is 0.507 e. The second kappa shape index (κ2) is 6.36. The molecule has 1 aromatic rings. The lowest BCUT2D eigenvalue weighted by Gasteiger charge is -2.18. The third-order valence-electron chi connectivity index (χ3n) is 3.36. The van der Waals surface area contributed by atoms with Gasteiger partial charge in [0.05, 0.1) is 17.0 Å². The van der Waals surface area contributed by atoms with E-state index in [4.69, 9.17) is 0 Å². The highest BCUT2D eigenvalue weighted by Crippen LogP contribution is 2.34. The van der Waals surface area contributed by atoms with Gasteiger partial charge in [-0.3, -0.25) is 4.99 Å². The Kier molecular flexibility index (Phi) is 4.68. The molecule has 23 heavy (non-hydrogen) atoms. The van der Waals surface area contributed by atoms with Gasteiger partial charge in [0.25, 0.3) is 0 Å². The topological polar surface area (TPSA) is 57.3 Å². The fourth-order valence-corrected chi connectivity index (χ4v) is 2.32. The van der Waals surface area contributed by atoms with Crippen LogP contribution in [0.2, 0.25) is 0 Å². The second-order valence-electron chi connectivity index (χ2n) is 4.96. The monoisotopic (exact) mass is 323 g/mol. The van der Waals surface area contributed by atoms with Crippen molar-refractivity contribution in [3.05, 3.63) is 41.0 Å². The number of alkyl halides is 3. The Balaban J connectivity index is 2.58. The lowest BCUT2D eigenvalue weighted by molar-refractivity contribution is -0.137. The molecule has 0 saturated carbocycles. The van der Waals surface area contributed by atoms with E-state index in [-0.39, 0.29) is 5.56 Å². The molecule has 0 radical (unpaired) electrons. The lowest BCUT2D eigenvalue weighted by atomic mass is 9.93. The van der Waals surface area contributed by atoms with E-state index in [1.165, 1.54) is 6.07 Å². The first kappa shape index (κ1) is 16.9. The standard InChI is InChI=1S/C16H16F3N3O/c1-4-5-12-14(20-3)9(2)21-22-15(12)11-7-6-10(8-13(11)23)16(17,18)19/h5-8,23H,4H2,1-3H3/b12-5+,20-14?. The molecule has 1 aliphatic rings. The summed E-state index contributed by atoms with van der Waals surface area (Å²) in [7, 11) is 1.60. The predicted octanol–water partition coefficient (Wildman–Crippen LogP) is 4.00. The maximum Gasteiger partial charge on any atom is 0.416 e. The fraction of sp³-hybridized carbons (Fsp3) is 0.312. The fourth-order valence-electron chi connectivity index (χ4n) is 2.32. The first-order valence-electron chi connectivity index (χ1n) is 7.00. The molecule has 1 N–H and O–H groups in total. The smallest absolute Gasteiger partial charge is 0.416 e. The van der Waals surface area contributed by atoms with Gasteiger partial charge < -0.3 is 5.11 Å². The van der Waals surface area contributed by atoms with Gasteiger partial charge >= 0.3 is 6.18 Å². The van der Waals surface area contributed by atoms with Crippen molar-refractivity contribution in [2.24, 2.45) is 15.2 Å². The molecule has 1 heterocycles. The number of aliphatic imine (C=N–C) groups is 1. The molecule has 1 aromatic carbocycles. The van der Waals surface area contributed by atoms with Crippen LogP contribution >= 0.6 is 0 Å². The third-order valence-corrected chi connectivity index (χ3v) is 3.36. The number of phenols is 1. The molecule has 2 rings (SSSR count). The third kappa shape index (κ3) is 3.33. The number of halogens is 3. The van der Waals surface area contributed by atoms with Crippen LogP contribution in [-0.4, -0.2) is 29.3 Å². The molecule has 0 aromatic heterocycles. The van der Waals surface area contributed by atoms with Crippen LogP contribution in [0.4, 0.5) is 13.2 Å². The summed E-state index contributed by atoms with van der Waals surface area (Å²) in [5, 5.41) is 18.1. The van der Waals surface area contributed by atoms with Crippen LogP contribution in [0.1, 0.15) is 31.4 Å². The highest BCUT2D eigenvalue weighted by atomic mass is 19.4. The molecule has 1 aliphatic heterocycles. The molecule has 0 spiro atoms. The van der Waals surface area contributed by atoms with Gasteiger partial charge in [0, 0.05) is 18.2 Å². The second-order valence-corrected chi connectivity index (χ2v) is 4.96. The summed E-state index contributed by atoms with van der Waals surface area (Å²) >= 11 is 0. The summed E-state index contributed by atoms with van der Waals surface area (Å²) in [4.78, 5) is 4.17. The van der Waals surface area contributed by atoms with Crippen molar-refractivity contribution in [3.63, 3.8) is 0 Å².